The molecule has 0 bridgehead atoms. The van der Waals surface area contributed by atoms with Crippen molar-refractivity contribution in [2.45, 2.75) is 30.7 Å². The lowest BCUT2D eigenvalue weighted by Gasteiger charge is -2.43. The first-order valence-electron chi connectivity index (χ1n) is 8.85. The number of carbonyl (C=O) groups is 4. The second-order valence-electron chi connectivity index (χ2n) is 4.48. The van der Waals surface area contributed by atoms with Crippen LogP contribution in [0.25, 0.3) is 0 Å². The molecule has 0 spiro atoms. The predicted molar refractivity (Wildman–Crippen MR) is 75.2 cm³/mol. The normalized spacial score (nSPS) is 32.1. The van der Waals surface area contributed by atoms with Gasteiger partial charge >= 0.3 is 0 Å². The summed E-state index contributed by atoms with van der Waals surface area (Å²) in [4.78, 5) is 43.5. The second kappa shape index (κ2) is 11.9. The Morgan fingerprint density at radius 3 is 1.88 bits per heavy atom. The van der Waals surface area contributed by atoms with Crippen molar-refractivity contribution >= 4 is 25.0 Å². The minimum atomic E-state index is -1.74. The maximum atomic E-state index is 11.0. The zero-order valence-electron chi connectivity index (χ0n) is 16.5. The average Bonchev–Trinajstić information content (AvgIpc) is 2.57. The van der Waals surface area contributed by atoms with Crippen LogP contribution in [0.2, 0.25) is 0 Å². The second-order valence-corrected chi connectivity index (χ2v) is 4.48. The summed E-state index contributed by atoms with van der Waals surface area (Å²) in [6, 6.07) is 0. The summed E-state index contributed by atoms with van der Waals surface area (Å²) < 4.78 is 53.3. The monoisotopic (exact) mass is 352 g/mol. The summed E-state index contributed by atoms with van der Waals surface area (Å²) >= 11 is 0. The van der Waals surface area contributed by atoms with Gasteiger partial charge in [-0.05, 0) is 0 Å². The molecule has 1 aliphatic heterocycles. The van der Waals surface area contributed by atoms with Crippen molar-refractivity contribution in [3.05, 3.63) is 0 Å². The molecular weight excluding hydrogens is 328 g/mol. The molecule has 1 heterocycles. The van der Waals surface area contributed by atoms with Crippen LogP contribution >= 0.6 is 0 Å². The summed E-state index contributed by atoms with van der Waals surface area (Å²) in [7, 11) is 0. The van der Waals surface area contributed by atoms with E-state index in [2.05, 4.69) is 0 Å². The molecule has 1 saturated heterocycles. The molecule has 5 atom stereocenters. The molecule has 1 aliphatic rings. The SMILES string of the molecule is [2H]C(=O)COC[C@H]1OC(O)[C@H](OCC([2H])=O)[C@@H](OCC([2H])=O)[C@@H]1OCC([2H])=O. The number of rotatable bonds is 13. The molecule has 1 fully saturated rings. The number of aldehydes is 4. The largest absolute Gasteiger partial charge is 0.371 e. The molecule has 1 rings (SSSR count). The van der Waals surface area contributed by atoms with Crippen LogP contribution in [-0.2, 0) is 42.9 Å². The highest BCUT2D eigenvalue weighted by Gasteiger charge is 2.47. The molecule has 10 nitrogen and oxygen atoms in total. The van der Waals surface area contributed by atoms with Crippen LogP contribution in [-0.4, -0.2) is 93.9 Å². The Bertz CT molecular complexity index is 574. The first kappa shape index (κ1) is 14.8. The molecule has 1 unspecified atom stereocenters. The highest BCUT2D eigenvalue weighted by atomic mass is 16.7. The molecule has 24 heavy (non-hydrogen) atoms. The van der Waals surface area contributed by atoms with Crippen molar-refractivity contribution in [2.24, 2.45) is 0 Å². The number of aliphatic hydroxyl groups excluding tert-OH is 1. The van der Waals surface area contributed by atoms with Gasteiger partial charge in [-0.1, -0.05) is 0 Å². The van der Waals surface area contributed by atoms with Gasteiger partial charge in [-0.25, -0.2) is 0 Å². The lowest BCUT2D eigenvalue weighted by Crippen LogP contribution is -2.61. The lowest BCUT2D eigenvalue weighted by atomic mass is 9.98. The Kier molecular flexibility index (Phi) is 7.31. The van der Waals surface area contributed by atoms with Crippen molar-refractivity contribution in [1.29, 1.82) is 0 Å². The predicted octanol–water partition coefficient (Wildman–Crippen LogP) is -2.33. The van der Waals surface area contributed by atoms with Crippen molar-refractivity contribution in [3.63, 3.8) is 0 Å². The Hall–Kier alpha value is -1.56. The molecule has 0 aliphatic carbocycles. The molecule has 0 aromatic heterocycles. The fourth-order valence-electron chi connectivity index (χ4n) is 2.21. The molecule has 0 aromatic carbocycles. The number of aliphatic hydroxyl groups is 1. The summed E-state index contributed by atoms with van der Waals surface area (Å²) in [5, 5.41) is 10.1. The third-order valence-electron chi connectivity index (χ3n) is 3.06. The van der Waals surface area contributed by atoms with Crippen molar-refractivity contribution in [2.75, 3.05) is 33.0 Å². The van der Waals surface area contributed by atoms with Crippen molar-refractivity contribution < 1.29 is 53.5 Å². The Morgan fingerprint density at radius 1 is 0.833 bits per heavy atom. The summed E-state index contributed by atoms with van der Waals surface area (Å²) in [5.74, 6) is 0. The van der Waals surface area contributed by atoms with E-state index in [9.17, 15) is 24.3 Å². The van der Waals surface area contributed by atoms with E-state index in [1.165, 1.54) is 0 Å². The quantitative estimate of drug-likeness (QED) is 0.360. The van der Waals surface area contributed by atoms with Gasteiger partial charge in [-0.15, -0.1) is 0 Å². The van der Waals surface area contributed by atoms with Gasteiger partial charge < -0.3 is 48.0 Å². The number of hydrogen-bond donors (Lipinski definition) is 1. The van der Waals surface area contributed by atoms with E-state index in [-0.39, 0.29) is 0 Å². The van der Waals surface area contributed by atoms with Gasteiger partial charge in [0.1, 0.15) is 81.4 Å². The van der Waals surface area contributed by atoms with Gasteiger partial charge in [0, 0.05) is 0 Å². The number of hydrogen-bond acceptors (Lipinski definition) is 10. The molecule has 136 valence electrons. The standard InChI is InChI=1S/C14H20O10/c15-1-5-20-9-10-11(21-6-2-16)12(22-7-3-17)13(14(19)24-10)23-8-4-18/h1-4,10-14,19H,5-9H2/t10-,11-,12+,13-,14?/m1/s1/i1D,2D,3D,4D. The van der Waals surface area contributed by atoms with E-state index in [1.807, 2.05) is 0 Å². The maximum absolute atomic E-state index is 11.0. The van der Waals surface area contributed by atoms with E-state index in [1.54, 1.807) is 0 Å². The van der Waals surface area contributed by atoms with Crippen LogP contribution < -0.4 is 0 Å². The molecule has 0 amide bonds. The lowest BCUT2D eigenvalue weighted by molar-refractivity contribution is -0.307. The van der Waals surface area contributed by atoms with E-state index in [4.69, 9.17) is 29.2 Å². The minimum Gasteiger partial charge on any atom is -0.371 e. The molecule has 0 aromatic rings. The summed E-state index contributed by atoms with van der Waals surface area (Å²) in [6.45, 7) is -3.21. The van der Waals surface area contributed by atoms with E-state index in [0.717, 1.165) is 0 Å². The number of carbonyl (C=O) groups excluding carboxylic acids is 4. The van der Waals surface area contributed by atoms with Crippen LogP contribution in [0.3, 0.4) is 0 Å². The van der Waals surface area contributed by atoms with Gasteiger partial charge in [0.2, 0.25) is 0 Å². The fraction of sp³-hybridized carbons (Fsp3) is 0.714. The summed E-state index contributed by atoms with van der Waals surface area (Å²) in [5.41, 5.74) is 0. The van der Waals surface area contributed by atoms with E-state index < -0.39 is 88.8 Å². The average molecular weight is 352 g/mol. The van der Waals surface area contributed by atoms with Crippen LogP contribution in [0.4, 0.5) is 0 Å². The van der Waals surface area contributed by atoms with Gasteiger partial charge in [-0.3, -0.25) is 0 Å². The van der Waals surface area contributed by atoms with Gasteiger partial charge in [0.25, 0.3) is 0 Å². The van der Waals surface area contributed by atoms with Gasteiger partial charge in [0.05, 0.1) is 6.61 Å². The van der Waals surface area contributed by atoms with Crippen LogP contribution in [0.1, 0.15) is 5.48 Å². The van der Waals surface area contributed by atoms with Crippen molar-refractivity contribution in [1.82, 2.24) is 0 Å². The molecule has 0 saturated carbocycles. The van der Waals surface area contributed by atoms with Crippen LogP contribution in [0.15, 0.2) is 0 Å². The topological polar surface area (TPSA) is 135 Å². The Balaban J connectivity index is 3.03. The van der Waals surface area contributed by atoms with Crippen LogP contribution in [0, 0.1) is 0 Å². The first-order valence-corrected chi connectivity index (χ1v) is 6.85. The molecule has 10 heteroatoms. The zero-order valence-corrected chi connectivity index (χ0v) is 12.5. The van der Waals surface area contributed by atoms with Gasteiger partial charge in [0.15, 0.2) is 6.29 Å². The van der Waals surface area contributed by atoms with Crippen LogP contribution in [0.5, 0.6) is 0 Å². The van der Waals surface area contributed by atoms with E-state index in [0.29, 0.717) is 0 Å². The minimum absolute atomic E-state index is 0.392. The maximum Gasteiger partial charge on any atom is 0.184 e. The van der Waals surface area contributed by atoms with Gasteiger partial charge in [-0.2, -0.15) is 0 Å². The molecular formula is C14H20O10. The third-order valence-corrected chi connectivity index (χ3v) is 3.06. The zero-order chi connectivity index (χ0) is 21.3. The Labute approximate surface area is 143 Å². The highest BCUT2D eigenvalue weighted by Crippen LogP contribution is 2.27. The molecule has 0 radical (unpaired) electrons. The number of ether oxygens (including phenoxy) is 5. The Morgan fingerprint density at radius 2 is 1.33 bits per heavy atom. The summed E-state index contributed by atoms with van der Waals surface area (Å²) in [6.07, 6.45) is -11.4. The molecule has 1 N–H and O–H groups in total. The van der Waals surface area contributed by atoms with Crippen molar-refractivity contribution in [3.8, 4) is 0 Å². The smallest absolute Gasteiger partial charge is 0.184 e. The fourth-order valence-corrected chi connectivity index (χ4v) is 2.21. The third kappa shape index (κ3) is 6.15. The first-order chi connectivity index (χ1) is 13.1. The van der Waals surface area contributed by atoms with E-state index >= 15 is 0 Å². The highest BCUT2D eigenvalue weighted by molar-refractivity contribution is 5.51.